The molecular formula is C15H21N. The van der Waals surface area contributed by atoms with Crippen LogP contribution < -0.4 is 5.32 Å². The average molecular weight is 215 g/mol. The van der Waals surface area contributed by atoms with Crippen LogP contribution in [0.25, 0.3) is 0 Å². The summed E-state index contributed by atoms with van der Waals surface area (Å²) in [6.07, 6.45) is 9.92. The Hall–Kier alpha value is -1.26. The second-order valence-corrected chi connectivity index (χ2v) is 4.05. The Morgan fingerprint density at radius 1 is 1.31 bits per heavy atom. The van der Waals surface area contributed by atoms with Gasteiger partial charge in [0, 0.05) is 0 Å². The Morgan fingerprint density at radius 3 is 2.69 bits per heavy atom. The fourth-order valence-corrected chi connectivity index (χ4v) is 1.75. The molecule has 0 aliphatic carbocycles. The summed E-state index contributed by atoms with van der Waals surface area (Å²) < 4.78 is 0. The molecule has 1 N–H and O–H groups in total. The van der Waals surface area contributed by atoms with Gasteiger partial charge < -0.3 is 5.32 Å². The molecule has 0 spiro atoms. The van der Waals surface area contributed by atoms with Gasteiger partial charge in [0.15, 0.2) is 0 Å². The van der Waals surface area contributed by atoms with Gasteiger partial charge in [-0.15, -0.1) is 6.42 Å². The molecule has 0 aliphatic rings. The summed E-state index contributed by atoms with van der Waals surface area (Å²) in [6.45, 7) is 3.17. The first-order valence-electron chi connectivity index (χ1n) is 6.10. The Bertz CT molecular complexity index is 310. The van der Waals surface area contributed by atoms with Crippen LogP contribution in [0.1, 0.15) is 31.7 Å². The van der Waals surface area contributed by atoms with Crippen molar-refractivity contribution in [1.29, 1.82) is 0 Å². The largest absolute Gasteiger partial charge is 0.304 e. The molecule has 1 aromatic carbocycles. The fourth-order valence-electron chi connectivity index (χ4n) is 1.75. The fraction of sp³-hybridized carbons (Fsp3) is 0.467. The van der Waals surface area contributed by atoms with Crippen molar-refractivity contribution < 1.29 is 0 Å². The summed E-state index contributed by atoms with van der Waals surface area (Å²) >= 11 is 0. The van der Waals surface area contributed by atoms with Gasteiger partial charge in [-0.2, -0.15) is 0 Å². The lowest BCUT2D eigenvalue weighted by Gasteiger charge is -2.11. The topological polar surface area (TPSA) is 12.0 Å². The van der Waals surface area contributed by atoms with Crippen molar-refractivity contribution in [3.63, 3.8) is 0 Å². The highest BCUT2D eigenvalue weighted by Crippen LogP contribution is 2.02. The minimum absolute atomic E-state index is 0.251. The highest BCUT2D eigenvalue weighted by Gasteiger charge is 2.01. The van der Waals surface area contributed by atoms with Crippen LogP contribution >= 0.6 is 0 Å². The Labute approximate surface area is 99.3 Å². The van der Waals surface area contributed by atoms with Gasteiger partial charge in [-0.25, -0.2) is 0 Å². The third-order valence-corrected chi connectivity index (χ3v) is 2.65. The van der Waals surface area contributed by atoms with Crippen molar-refractivity contribution in [3.05, 3.63) is 35.9 Å². The normalized spacial score (nSPS) is 12.0. The van der Waals surface area contributed by atoms with Gasteiger partial charge in [0.05, 0.1) is 6.04 Å². The summed E-state index contributed by atoms with van der Waals surface area (Å²) in [6, 6.07) is 10.8. The highest BCUT2D eigenvalue weighted by atomic mass is 14.9. The van der Waals surface area contributed by atoms with Crippen LogP contribution in [-0.4, -0.2) is 12.6 Å². The lowest BCUT2D eigenvalue weighted by Crippen LogP contribution is -2.28. The lowest BCUT2D eigenvalue weighted by molar-refractivity contribution is 0.550. The van der Waals surface area contributed by atoms with Crippen molar-refractivity contribution in [3.8, 4) is 12.3 Å². The minimum Gasteiger partial charge on any atom is -0.304 e. The lowest BCUT2D eigenvalue weighted by atomic mass is 10.1. The first-order valence-corrected chi connectivity index (χ1v) is 6.10. The molecule has 0 aromatic heterocycles. The van der Waals surface area contributed by atoms with E-state index in [9.17, 15) is 0 Å². The number of hydrogen-bond donors (Lipinski definition) is 1. The minimum atomic E-state index is 0.251. The van der Waals surface area contributed by atoms with E-state index in [-0.39, 0.29) is 6.04 Å². The van der Waals surface area contributed by atoms with Gasteiger partial charge in [0.1, 0.15) is 0 Å². The first kappa shape index (κ1) is 12.8. The molecule has 1 aromatic rings. The second-order valence-electron chi connectivity index (χ2n) is 4.05. The zero-order valence-corrected chi connectivity index (χ0v) is 10.1. The molecule has 86 valence electrons. The predicted molar refractivity (Wildman–Crippen MR) is 70.3 cm³/mol. The van der Waals surface area contributed by atoms with Gasteiger partial charge in [-0.1, -0.05) is 49.6 Å². The number of aryl methyl sites for hydroxylation is 1. The maximum atomic E-state index is 5.44. The van der Waals surface area contributed by atoms with Crippen molar-refractivity contribution in [2.24, 2.45) is 0 Å². The first-order chi connectivity index (χ1) is 7.86. The number of rotatable bonds is 7. The maximum absolute atomic E-state index is 5.44. The third kappa shape index (κ3) is 5.00. The molecule has 1 unspecified atom stereocenters. The van der Waals surface area contributed by atoms with E-state index >= 15 is 0 Å². The number of terminal acetylenes is 1. The Kier molecular flexibility index (Phi) is 6.37. The van der Waals surface area contributed by atoms with Crippen LogP contribution in [0.2, 0.25) is 0 Å². The summed E-state index contributed by atoms with van der Waals surface area (Å²) in [7, 11) is 0. The predicted octanol–water partition coefficient (Wildman–Crippen LogP) is 3.01. The highest BCUT2D eigenvalue weighted by molar-refractivity contribution is 5.14. The van der Waals surface area contributed by atoms with Crippen LogP contribution in [0, 0.1) is 12.3 Å². The van der Waals surface area contributed by atoms with E-state index in [0.29, 0.717) is 0 Å². The molecule has 0 amide bonds. The number of benzene rings is 1. The van der Waals surface area contributed by atoms with Crippen LogP contribution in [0.5, 0.6) is 0 Å². The Morgan fingerprint density at radius 2 is 2.06 bits per heavy atom. The zero-order valence-electron chi connectivity index (χ0n) is 10.1. The quantitative estimate of drug-likeness (QED) is 0.544. The average Bonchev–Trinajstić information content (AvgIpc) is 2.34. The van der Waals surface area contributed by atoms with E-state index < -0.39 is 0 Å². The van der Waals surface area contributed by atoms with Crippen LogP contribution in [0.3, 0.4) is 0 Å². The summed E-state index contributed by atoms with van der Waals surface area (Å²) in [5, 5.41) is 3.40. The molecule has 16 heavy (non-hydrogen) atoms. The zero-order chi connectivity index (χ0) is 11.6. The second kappa shape index (κ2) is 7.96. The molecule has 1 nitrogen and oxygen atoms in total. The van der Waals surface area contributed by atoms with Gasteiger partial charge in [-0.3, -0.25) is 0 Å². The van der Waals surface area contributed by atoms with Gasteiger partial charge in [0.2, 0.25) is 0 Å². The number of nitrogens with one attached hydrogen (secondary N) is 1. The summed E-state index contributed by atoms with van der Waals surface area (Å²) in [5.41, 5.74) is 1.40. The Balaban J connectivity index is 2.14. The molecule has 1 heteroatoms. The summed E-state index contributed by atoms with van der Waals surface area (Å²) in [4.78, 5) is 0. The molecule has 0 bridgehead atoms. The van der Waals surface area contributed by atoms with Gasteiger partial charge in [-0.05, 0) is 31.4 Å². The monoisotopic (exact) mass is 215 g/mol. The number of hydrogen-bond acceptors (Lipinski definition) is 1. The molecule has 0 heterocycles. The van der Waals surface area contributed by atoms with E-state index in [2.05, 4.69) is 48.5 Å². The van der Waals surface area contributed by atoms with E-state index in [0.717, 1.165) is 32.2 Å². The maximum Gasteiger partial charge on any atom is 0.0686 e. The molecular weight excluding hydrogens is 194 g/mol. The van der Waals surface area contributed by atoms with Crippen molar-refractivity contribution in [2.75, 3.05) is 6.54 Å². The molecule has 0 aliphatic heterocycles. The van der Waals surface area contributed by atoms with Crippen molar-refractivity contribution in [1.82, 2.24) is 5.32 Å². The van der Waals surface area contributed by atoms with Crippen LogP contribution in [-0.2, 0) is 6.42 Å². The molecule has 0 saturated carbocycles. The van der Waals surface area contributed by atoms with Crippen molar-refractivity contribution in [2.45, 2.75) is 38.6 Å². The van der Waals surface area contributed by atoms with Crippen molar-refractivity contribution >= 4 is 0 Å². The smallest absolute Gasteiger partial charge is 0.0686 e. The third-order valence-electron chi connectivity index (χ3n) is 2.65. The summed E-state index contributed by atoms with van der Waals surface area (Å²) in [5.74, 6) is 2.79. The van der Waals surface area contributed by atoms with E-state index in [1.165, 1.54) is 5.56 Å². The van der Waals surface area contributed by atoms with Crippen LogP contribution in [0.4, 0.5) is 0 Å². The molecule has 1 atom stereocenters. The van der Waals surface area contributed by atoms with E-state index in [1.54, 1.807) is 0 Å². The molecule has 0 saturated heterocycles. The van der Waals surface area contributed by atoms with E-state index in [1.807, 2.05) is 0 Å². The SMILES string of the molecule is C#CC(CCC)NCCCc1ccccc1. The molecule has 0 radical (unpaired) electrons. The van der Waals surface area contributed by atoms with Gasteiger partial charge >= 0.3 is 0 Å². The molecule has 0 fully saturated rings. The van der Waals surface area contributed by atoms with E-state index in [4.69, 9.17) is 6.42 Å². The van der Waals surface area contributed by atoms with Gasteiger partial charge in [0.25, 0.3) is 0 Å². The molecule has 1 rings (SSSR count). The standard InChI is InChI=1S/C15H21N/c1-3-9-15(4-2)16-13-8-12-14-10-6-5-7-11-14/h2,5-7,10-11,15-16H,3,8-9,12-13H2,1H3. The van der Waals surface area contributed by atoms with Crippen LogP contribution in [0.15, 0.2) is 30.3 Å².